The van der Waals surface area contributed by atoms with Gasteiger partial charge in [-0.25, -0.2) is 28.1 Å². The summed E-state index contributed by atoms with van der Waals surface area (Å²) in [6, 6.07) is 16.9. The highest BCUT2D eigenvalue weighted by Crippen LogP contribution is 2.41. The number of aromatic nitrogens is 4. The molecule has 4 aromatic rings. The summed E-state index contributed by atoms with van der Waals surface area (Å²) < 4.78 is 47.4. The van der Waals surface area contributed by atoms with Crippen molar-refractivity contribution >= 4 is 39.3 Å². The van der Waals surface area contributed by atoms with Crippen molar-refractivity contribution in [3.8, 4) is 0 Å². The lowest BCUT2D eigenvalue weighted by Crippen LogP contribution is -2.32. The number of carbonyl (C=O) groups is 2. The van der Waals surface area contributed by atoms with Gasteiger partial charge in [0.1, 0.15) is 25.1 Å². The number of imidazole rings is 1. The van der Waals surface area contributed by atoms with Gasteiger partial charge in [-0.1, -0.05) is 36.4 Å². The number of amides is 1. The molecule has 1 amide bonds. The number of anilines is 1. The first-order valence-electron chi connectivity index (χ1n) is 11.4. The maximum absolute atomic E-state index is 12.6. The molecule has 2 aromatic carbocycles. The zero-order valence-electron chi connectivity index (χ0n) is 19.4. The normalized spacial score (nSPS) is 23.7. The lowest BCUT2D eigenvalue weighted by molar-refractivity contribution is -0.0595. The van der Waals surface area contributed by atoms with Crippen molar-refractivity contribution in [3.63, 3.8) is 0 Å². The first-order chi connectivity index (χ1) is 18.4. The molecule has 0 saturated carbocycles. The van der Waals surface area contributed by atoms with Crippen LogP contribution in [0.2, 0.25) is 0 Å². The predicted octanol–water partition coefficient (Wildman–Crippen LogP) is 1.86. The molecule has 0 spiro atoms. The van der Waals surface area contributed by atoms with E-state index in [1.807, 2.05) is 0 Å². The smallest absolute Gasteiger partial charge is 0.400 e. The molecule has 2 aromatic heterocycles. The van der Waals surface area contributed by atoms with Crippen molar-refractivity contribution in [2.75, 3.05) is 11.9 Å². The number of rotatable bonds is 6. The first kappa shape index (κ1) is 24.1. The fourth-order valence-corrected chi connectivity index (χ4v) is 5.32. The van der Waals surface area contributed by atoms with Gasteiger partial charge in [0, 0.05) is 5.56 Å². The highest BCUT2D eigenvalue weighted by Gasteiger charge is 2.57. The van der Waals surface area contributed by atoms with Gasteiger partial charge in [-0.15, -0.1) is 0 Å². The van der Waals surface area contributed by atoms with Gasteiger partial charge in [0.15, 0.2) is 29.3 Å². The Morgan fingerprint density at radius 3 is 2.34 bits per heavy atom. The summed E-state index contributed by atoms with van der Waals surface area (Å²) in [5.41, 5.74) is 1.26. The lowest BCUT2D eigenvalue weighted by atomic mass is 10.1. The maximum Gasteiger partial charge on any atom is 0.400 e. The van der Waals surface area contributed by atoms with Crippen molar-refractivity contribution in [1.82, 2.24) is 19.5 Å². The quantitative estimate of drug-likeness (QED) is 0.357. The molecule has 0 unspecified atom stereocenters. The van der Waals surface area contributed by atoms with E-state index in [2.05, 4.69) is 20.3 Å². The van der Waals surface area contributed by atoms with Crippen LogP contribution in [0.25, 0.3) is 11.2 Å². The SMILES string of the molecule is O=C(Nc1ncnc2c1ncn2[C@@H]1O[C@H](COC(=O)c2ccccc2)[C@@H]2OS(=O)(=O)O[C@@H]21)c1ccccc1. The van der Waals surface area contributed by atoms with Crippen molar-refractivity contribution in [3.05, 3.63) is 84.4 Å². The van der Waals surface area contributed by atoms with E-state index in [9.17, 15) is 18.0 Å². The predicted molar refractivity (Wildman–Crippen MR) is 129 cm³/mol. The number of esters is 1. The Balaban J connectivity index is 1.26. The molecule has 13 nitrogen and oxygen atoms in total. The Bertz CT molecular complexity index is 1610. The second kappa shape index (κ2) is 9.57. The van der Waals surface area contributed by atoms with E-state index in [1.165, 1.54) is 17.2 Å². The molecule has 4 heterocycles. The number of benzene rings is 2. The number of nitrogens with one attached hydrogen (secondary N) is 1. The zero-order valence-corrected chi connectivity index (χ0v) is 20.2. The second-order valence-corrected chi connectivity index (χ2v) is 9.63. The second-order valence-electron chi connectivity index (χ2n) is 8.43. The Kier molecular flexibility index (Phi) is 6.07. The summed E-state index contributed by atoms with van der Waals surface area (Å²) >= 11 is 0. The van der Waals surface area contributed by atoms with Gasteiger partial charge in [0.2, 0.25) is 0 Å². The van der Waals surface area contributed by atoms with E-state index in [0.29, 0.717) is 11.1 Å². The molecule has 0 radical (unpaired) electrons. The standard InChI is InChI=1S/C24H19N5O8S/c30-22(14-7-3-1-4-8-14)28-20-17-21(26-12-25-20)29(13-27-17)23-19-18(36-38(32,33)37-19)16(35-23)11-34-24(31)15-9-5-2-6-10-15/h1-10,12-13,16,18-19,23H,11H2,(H,25,26,28,30)/t16-,18+,19+,23-/m1/s1. The third kappa shape index (κ3) is 4.50. The van der Waals surface area contributed by atoms with Crippen LogP contribution in [0.3, 0.4) is 0 Å². The highest BCUT2D eigenvalue weighted by molar-refractivity contribution is 7.82. The van der Waals surface area contributed by atoms with Gasteiger partial charge < -0.3 is 14.8 Å². The molecule has 0 aliphatic carbocycles. The number of hydrogen-bond donors (Lipinski definition) is 1. The van der Waals surface area contributed by atoms with Crippen LogP contribution in [0.5, 0.6) is 0 Å². The Labute approximate surface area is 215 Å². The maximum atomic E-state index is 12.6. The summed E-state index contributed by atoms with van der Waals surface area (Å²) in [5, 5.41) is 2.71. The minimum absolute atomic E-state index is 0.154. The molecule has 2 aliphatic heterocycles. The van der Waals surface area contributed by atoms with Crippen LogP contribution in [-0.2, 0) is 28.2 Å². The fraction of sp³-hybridized carbons (Fsp3) is 0.208. The van der Waals surface area contributed by atoms with Crippen LogP contribution >= 0.6 is 0 Å². The molecule has 14 heteroatoms. The van der Waals surface area contributed by atoms with Crippen molar-refractivity contribution in [2.45, 2.75) is 24.5 Å². The fourth-order valence-electron chi connectivity index (χ4n) is 4.29. The zero-order chi connectivity index (χ0) is 26.3. The van der Waals surface area contributed by atoms with E-state index >= 15 is 0 Å². The van der Waals surface area contributed by atoms with Crippen LogP contribution in [-0.4, -0.2) is 64.7 Å². The average molecular weight is 538 g/mol. The van der Waals surface area contributed by atoms with Gasteiger partial charge in [0.25, 0.3) is 5.91 Å². The van der Waals surface area contributed by atoms with Gasteiger partial charge in [0.05, 0.1) is 11.9 Å². The van der Waals surface area contributed by atoms with E-state index in [4.69, 9.17) is 17.8 Å². The molecule has 0 bridgehead atoms. The van der Waals surface area contributed by atoms with E-state index in [1.54, 1.807) is 60.7 Å². The summed E-state index contributed by atoms with van der Waals surface area (Å²) in [6.07, 6.45) is -1.59. The highest BCUT2D eigenvalue weighted by atomic mass is 32.3. The number of nitrogens with zero attached hydrogens (tertiary/aromatic N) is 4. The number of fused-ring (bicyclic) bond motifs is 2. The molecule has 194 valence electrons. The third-order valence-electron chi connectivity index (χ3n) is 6.03. The first-order valence-corrected chi connectivity index (χ1v) is 12.8. The van der Waals surface area contributed by atoms with Crippen molar-refractivity contribution in [2.24, 2.45) is 0 Å². The summed E-state index contributed by atoms with van der Waals surface area (Å²) in [4.78, 5) is 37.7. The monoisotopic (exact) mass is 537 g/mol. The topological polar surface area (TPSA) is 161 Å². The average Bonchev–Trinajstić information content (AvgIpc) is 3.59. The van der Waals surface area contributed by atoms with E-state index in [-0.39, 0.29) is 23.6 Å². The Morgan fingerprint density at radius 2 is 1.61 bits per heavy atom. The van der Waals surface area contributed by atoms with Crippen LogP contribution in [0, 0.1) is 0 Å². The van der Waals surface area contributed by atoms with Gasteiger partial charge >= 0.3 is 16.4 Å². The van der Waals surface area contributed by atoms with E-state index in [0.717, 1.165) is 0 Å². The molecule has 38 heavy (non-hydrogen) atoms. The molecule has 4 atom stereocenters. The van der Waals surface area contributed by atoms with Gasteiger partial charge in [-0.3, -0.25) is 9.36 Å². The molecule has 2 fully saturated rings. The minimum Gasteiger partial charge on any atom is -0.459 e. The van der Waals surface area contributed by atoms with Gasteiger partial charge in [-0.05, 0) is 24.3 Å². The van der Waals surface area contributed by atoms with Crippen LogP contribution in [0.15, 0.2) is 73.3 Å². The van der Waals surface area contributed by atoms with Crippen LogP contribution in [0.1, 0.15) is 26.9 Å². The third-order valence-corrected chi connectivity index (χ3v) is 6.95. The molecule has 2 aliphatic rings. The van der Waals surface area contributed by atoms with Crippen LogP contribution in [0.4, 0.5) is 5.82 Å². The molecule has 2 saturated heterocycles. The van der Waals surface area contributed by atoms with Crippen LogP contribution < -0.4 is 5.32 Å². The molecular formula is C24H19N5O8S. The van der Waals surface area contributed by atoms with Gasteiger partial charge in [-0.2, -0.15) is 8.42 Å². The number of hydrogen-bond acceptors (Lipinski definition) is 11. The Morgan fingerprint density at radius 1 is 0.921 bits per heavy atom. The van der Waals surface area contributed by atoms with E-state index < -0.39 is 46.8 Å². The number of carbonyl (C=O) groups excluding carboxylic acids is 2. The van der Waals surface area contributed by atoms with Crippen molar-refractivity contribution < 1.29 is 35.8 Å². The molecule has 6 rings (SSSR count). The van der Waals surface area contributed by atoms with Crippen molar-refractivity contribution in [1.29, 1.82) is 0 Å². The lowest BCUT2D eigenvalue weighted by Gasteiger charge is -2.18. The Hall–Kier alpha value is -4.24. The summed E-state index contributed by atoms with van der Waals surface area (Å²) in [7, 11) is -4.31. The number of ether oxygens (including phenoxy) is 2. The summed E-state index contributed by atoms with van der Waals surface area (Å²) in [6.45, 7) is -0.287. The molecular weight excluding hydrogens is 518 g/mol. The molecule has 1 N–H and O–H groups in total. The largest absolute Gasteiger partial charge is 0.459 e. The summed E-state index contributed by atoms with van der Waals surface area (Å²) in [5.74, 6) is -0.839. The minimum atomic E-state index is -4.31.